The number of unbranched alkanes of at least 4 members (excludes halogenated alkanes) is 2. The zero-order chi connectivity index (χ0) is 12.5. The molecule has 0 amide bonds. The van der Waals surface area contributed by atoms with Gasteiger partial charge in [-0.05, 0) is 37.0 Å². The molecule has 0 unspecified atom stereocenters. The Morgan fingerprint density at radius 2 is 1.88 bits per heavy atom. The molecule has 1 rings (SSSR count). The van der Waals surface area contributed by atoms with E-state index in [0.29, 0.717) is 0 Å². The van der Waals surface area contributed by atoms with Gasteiger partial charge in [-0.2, -0.15) is 0 Å². The highest BCUT2D eigenvalue weighted by molar-refractivity contribution is 5.66. The van der Waals surface area contributed by atoms with Gasteiger partial charge in [-0.25, -0.2) is 0 Å². The fourth-order valence-electron chi connectivity index (χ4n) is 1.67. The zero-order valence-electron chi connectivity index (χ0n) is 10.4. The molecule has 1 aromatic rings. The van der Waals surface area contributed by atoms with E-state index in [9.17, 15) is 4.79 Å². The Hall–Kier alpha value is -1.51. The molecule has 3 heteroatoms. The van der Waals surface area contributed by atoms with Crippen molar-refractivity contribution in [2.45, 2.75) is 39.0 Å². The average molecular weight is 235 g/mol. The minimum atomic E-state index is -0.701. The van der Waals surface area contributed by atoms with E-state index in [1.54, 1.807) is 0 Å². The van der Waals surface area contributed by atoms with Crippen LogP contribution in [0.4, 0.5) is 5.69 Å². The van der Waals surface area contributed by atoms with Gasteiger partial charge in [0.2, 0.25) is 0 Å². The Morgan fingerprint density at radius 1 is 1.18 bits per heavy atom. The van der Waals surface area contributed by atoms with Crippen molar-refractivity contribution in [2.24, 2.45) is 0 Å². The largest absolute Gasteiger partial charge is 0.481 e. The molecule has 0 saturated heterocycles. The van der Waals surface area contributed by atoms with E-state index in [2.05, 4.69) is 36.5 Å². The lowest BCUT2D eigenvalue weighted by molar-refractivity contribution is -0.137. The van der Waals surface area contributed by atoms with E-state index in [0.717, 1.165) is 37.9 Å². The fourth-order valence-corrected chi connectivity index (χ4v) is 1.67. The maximum absolute atomic E-state index is 10.3. The molecule has 0 spiro atoms. The predicted molar refractivity (Wildman–Crippen MR) is 70.4 cm³/mol. The molecule has 0 aromatic heterocycles. The fraction of sp³-hybridized carbons (Fsp3) is 0.500. The first kappa shape index (κ1) is 13.6. The number of carboxylic acids is 1. The summed E-state index contributed by atoms with van der Waals surface area (Å²) in [6, 6.07) is 8.45. The molecule has 17 heavy (non-hydrogen) atoms. The third-order valence-corrected chi connectivity index (χ3v) is 2.76. The van der Waals surface area contributed by atoms with Crippen molar-refractivity contribution in [3.8, 4) is 0 Å². The maximum Gasteiger partial charge on any atom is 0.303 e. The van der Waals surface area contributed by atoms with Crippen molar-refractivity contribution in [1.29, 1.82) is 0 Å². The summed E-state index contributed by atoms with van der Waals surface area (Å²) in [7, 11) is 0. The SMILES string of the molecule is CCc1ccc(NCCCCCC(=O)O)cc1. The van der Waals surface area contributed by atoms with Gasteiger partial charge in [0.1, 0.15) is 0 Å². The summed E-state index contributed by atoms with van der Waals surface area (Å²) in [5.74, 6) is -0.701. The lowest BCUT2D eigenvalue weighted by Gasteiger charge is -2.06. The Morgan fingerprint density at radius 3 is 2.47 bits per heavy atom. The molecule has 2 N–H and O–H groups in total. The molecule has 0 aliphatic carbocycles. The number of aryl methyl sites for hydroxylation is 1. The summed E-state index contributed by atoms with van der Waals surface area (Å²) < 4.78 is 0. The lowest BCUT2D eigenvalue weighted by Crippen LogP contribution is -2.02. The van der Waals surface area contributed by atoms with Gasteiger partial charge in [0, 0.05) is 18.7 Å². The monoisotopic (exact) mass is 235 g/mol. The Kier molecular flexibility index (Phi) is 6.15. The molecule has 94 valence electrons. The molecule has 0 fully saturated rings. The molecule has 0 aliphatic rings. The summed E-state index contributed by atoms with van der Waals surface area (Å²) in [6.45, 7) is 3.05. The van der Waals surface area contributed by atoms with Crippen LogP contribution in [0.5, 0.6) is 0 Å². The molecular formula is C14H21NO2. The van der Waals surface area contributed by atoms with Crippen LogP contribution >= 0.6 is 0 Å². The van der Waals surface area contributed by atoms with Gasteiger partial charge < -0.3 is 10.4 Å². The highest BCUT2D eigenvalue weighted by atomic mass is 16.4. The first-order valence-electron chi connectivity index (χ1n) is 6.27. The Balaban J connectivity index is 2.11. The average Bonchev–Trinajstić information content (AvgIpc) is 2.34. The number of hydrogen-bond acceptors (Lipinski definition) is 2. The van der Waals surface area contributed by atoms with Crippen LogP contribution in [-0.4, -0.2) is 17.6 Å². The highest BCUT2D eigenvalue weighted by Crippen LogP contribution is 2.10. The van der Waals surface area contributed by atoms with Crippen molar-refractivity contribution >= 4 is 11.7 Å². The van der Waals surface area contributed by atoms with Crippen molar-refractivity contribution in [3.63, 3.8) is 0 Å². The minimum Gasteiger partial charge on any atom is -0.481 e. The number of hydrogen-bond donors (Lipinski definition) is 2. The summed E-state index contributed by atoms with van der Waals surface area (Å²) in [5, 5.41) is 11.8. The van der Waals surface area contributed by atoms with Crippen LogP contribution in [0.1, 0.15) is 38.2 Å². The van der Waals surface area contributed by atoms with Crippen LogP contribution in [0.3, 0.4) is 0 Å². The molecule has 3 nitrogen and oxygen atoms in total. The third kappa shape index (κ3) is 5.95. The van der Waals surface area contributed by atoms with Gasteiger partial charge in [0.25, 0.3) is 0 Å². The molecule has 0 aliphatic heterocycles. The highest BCUT2D eigenvalue weighted by Gasteiger charge is 1.96. The number of anilines is 1. The van der Waals surface area contributed by atoms with E-state index < -0.39 is 5.97 Å². The lowest BCUT2D eigenvalue weighted by atomic mass is 10.1. The second-order valence-corrected chi connectivity index (χ2v) is 4.18. The smallest absolute Gasteiger partial charge is 0.303 e. The predicted octanol–water partition coefficient (Wildman–Crippen LogP) is 3.31. The number of carboxylic acid groups (broad SMARTS) is 1. The zero-order valence-corrected chi connectivity index (χ0v) is 10.4. The van der Waals surface area contributed by atoms with Crippen LogP contribution in [-0.2, 0) is 11.2 Å². The van der Waals surface area contributed by atoms with Crippen molar-refractivity contribution in [2.75, 3.05) is 11.9 Å². The molecule has 0 heterocycles. The maximum atomic E-state index is 10.3. The minimum absolute atomic E-state index is 0.283. The van der Waals surface area contributed by atoms with E-state index in [1.807, 2.05) is 0 Å². The number of rotatable bonds is 8. The second-order valence-electron chi connectivity index (χ2n) is 4.18. The third-order valence-electron chi connectivity index (χ3n) is 2.76. The molecular weight excluding hydrogens is 214 g/mol. The Bertz CT molecular complexity index is 333. The van der Waals surface area contributed by atoms with E-state index >= 15 is 0 Å². The molecule has 0 atom stereocenters. The first-order valence-corrected chi connectivity index (χ1v) is 6.27. The normalized spacial score (nSPS) is 10.2. The van der Waals surface area contributed by atoms with Crippen LogP contribution in [0.15, 0.2) is 24.3 Å². The number of nitrogens with one attached hydrogen (secondary N) is 1. The van der Waals surface area contributed by atoms with Gasteiger partial charge in [-0.15, -0.1) is 0 Å². The van der Waals surface area contributed by atoms with Crippen LogP contribution in [0.2, 0.25) is 0 Å². The molecule has 1 aromatic carbocycles. The van der Waals surface area contributed by atoms with E-state index in [-0.39, 0.29) is 6.42 Å². The van der Waals surface area contributed by atoms with Crippen molar-refractivity contribution in [3.05, 3.63) is 29.8 Å². The van der Waals surface area contributed by atoms with Gasteiger partial charge >= 0.3 is 5.97 Å². The summed E-state index contributed by atoms with van der Waals surface area (Å²) >= 11 is 0. The quantitative estimate of drug-likeness (QED) is 0.680. The number of benzene rings is 1. The van der Waals surface area contributed by atoms with Gasteiger partial charge in [-0.3, -0.25) is 4.79 Å². The van der Waals surface area contributed by atoms with Crippen LogP contribution in [0, 0.1) is 0 Å². The summed E-state index contributed by atoms with van der Waals surface area (Å²) in [4.78, 5) is 10.3. The second kappa shape index (κ2) is 7.71. The van der Waals surface area contributed by atoms with Crippen molar-refractivity contribution in [1.82, 2.24) is 0 Å². The number of carbonyl (C=O) groups is 1. The van der Waals surface area contributed by atoms with E-state index in [4.69, 9.17) is 5.11 Å². The standard InChI is InChI=1S/C14H21NO2/c1-2-12-7-9-13(10-8-12)15-11-5-3-4-6-14(16)17/h7-10,15H,2-6,11H2,1H3,(H,16,17). The van der Waals surface area contributed by atoms with Gasteiger partial charge in [0.15, 0.2) is 0 Å². The van der Waals surface area contributed by atoms with Gasteiger partial charge in [0.05, 0.1) is 0 Å². The van der Waals surface area contributed by atoms with E-state index in [1.165, 1.54) is 5.56 Å². The summed E-state index contributed by atoms with van der Waals surface area (Å²) in [6.07, 6.45) is 4.10. The number of aliphatic carboxylic acids is 1. The Labute approximate surface area is 103 Å². The van der Waals surface area contributed by atoms with Crippen molar-refractivity contribution < 1.29 is 9.90 Å². The van der Waals surface area contributed by atoms with Crippen LogP contribution < -0.4 is 5.32 Å². The van der Waals surface area contributed by atoms with Crippen LogP contribution in [0.25, 0.3) is 0 Å². The molecule has 0 saturated carbocycles. The first-order chi connectivity index (χ1) is 8.22. The summed E-state index contributed by atoms with van der Waals surface area (Å²) in [5.41, 5.74) is 2.48. The molecule has 0 radical (unpaired) electrons. The topological polar surface area (TPSA) is 49.3 Å². The van der Waals surface area contributed by atoms with Gasteiger partial charge in [-0.1, -0.05) is 25.5 Å². The molecule has 0 bridgehead atoms.